The Labute approximate surface area is 139 Å². The number of hydrogen-bond acceptors (Lipinski definition) is 3. The van der Waals surface area contributed by atoms with Crippen LogP contribution in [0.3, 0.4) is 0 Å². The maximum absolute atomic E-state index is 12.3. The van der Waals surface area contributed by atoms with Gasteiger partial charge in [0.1, 0.15) is 12.4 Å². The standard InChI is InChI=1S/C18H18BrNO2/c1-20(2)11-10-17(21)16-12-15(19)8-9-18(16)22-13-14-6-4-3-5-7-14/h3-12H,13H2,1-2H3/b11-10+. The molecule has 0 heterocycles. The van der Waals surface area contributed by atoms with E-state index in [0.29, 0.717) is 17.9 Å². The molecule has 2 aromatic carbocycles. The van der Waals surface area contributed by atoms with Gasteiger partial charge in [-0.3, -0.25) is 4.79 Å². The molecule has 22 heavy (non-hydrogen) atoms. The van der Waals surface area contributed by atoms with Crippen LogP contribution in [0.4, 0.5) is 0 Å². The molecule has 0 unspecified atom stereocenters. The van der Waals surface area contributed by atoms with Crippen molar-refractivity contribution >= 4 is 21.7 Å². The lowest BCUT2D eigenvalue weighted by atomic mass is 10.1. The monoisotopic (exact) mass is 359 g/mol. The van der Waals surface area contributed by atoms with Crippen LogP contribution in [0.5, 0.6) is 5.75 Å². The van der Waals surface area contributed by atoms with Crippen molar-refractivity contribution in [2.75, 3.05) is 14.1 Å². The summed E-state index contributed by atoms with van der Waals surface area (Å²) in [4.78, 5) is 14.1. The number of ketones is 1. The van der Waals surface area contributed by atoms with Gasteiger partial charge in [-0.05, 0) is 23.8 Å². The van der Waals surface area contributed by atoms with Crippen molar-refractivity contribution in [2.24, 2.45) is 0 Å². The van der Waals surface area contributed by atoms with Gasteiger partial charge in [0.2, 0.25) is 0 Å². The average Bonchev–Trinajstić information content (AvgIpc) is 2.52. The van der Waals surface area contributed by atoms with Gasteiger partial charge in [-0.2, -0.15) is 0 Å². The first-order valence-corrected chi connectivity index (χ1v) is 7.71. The van der Waals surface area contributed by atoms with Gasteiger partial charge in [-0.15, -0.1) is 0 Å². The maximum atomic E-state index is 12.3. The Morgan fingerprint density at radius 1 is 1.18 bits per heavy atom. The first kappa shape index (κ1) is 16.3. The van der Waals surface area contributed by atoms with Gasteiger partial charge in [0.25, 0.3) is 0 Å². The van der Waals surface area contributed by atoms with Gasteiger partial charge in [-0.1, -0.05) is 46.3 Å². The minimum atomic E-state index is -0.0851. The second-order valence-corrected chi connectivity index (χ2v) is 5.97. The SMILES string of the molecule is CN(C)/C=C/C(=O)c1cc(Br)ccc1OCc1ccccc1. The van der Waals surface area contributed by atoms with E-state index in [4.69, 9.17) is 4.74 Å². The summed E-state index contributed by atoms with van der Waals surface area (Å²) >= 11 is 3.40. The lowest BCUT2D eigenvalue weighted by Crippen LogP contribution is -2.05. The highest BCUT2D eigenvalue weighted by Crippen LogP contribution is 2.25. The van der Waals surface area contributed by atoms with Crippen LogP contribution in [0, 0.1) is 0 Å². The number of halogens is 1. The summed E-state index contributed by atoms with van der Waals surface area (Å²) in [6.45, 7) is 0.431. The average molecular weight is 360 g/mol. The van der Waals surface area contributed by atoms with Crippen molar-refractivity contribution in [3.8, 4) is 5.75 Å². The minimum absolute atomic E-state index is 0.0851. The zero-order valence-corrected chi connectivity index (χ0v) is 14.2. The van der Waals surface area contributed by atoms with E-state index in [-0.39, 0.29) is 5.78 Å². The summed E-state index contributed by atoms with van der Waals surface area (Å²) in [5.41, 5.74) is 1.61. The van der Waals surface area contributed by atoms with Crippen molar-refractivity contribution in [3.05, 3.63) is 76.4 Å². The molecule has 0 atom stereocenters. The van der Waals surface area contributed by atoms with Crippen LogP contribution in [0.25, 0.3) is 0 Å². The number of carbonyl (C=O) groups is 1. The van der Waals surface area contributed by atoms with E-state index < -0.39 is 0 Å². The summed E-state index contributed by atoms with van der Waals surface area (Å²) in [5.74, 6) is 0.499. The highest BCUT2D eigenvalue weighted by molar-refractivity contribution is 9.10. The van der Waals surface area contributed by atoms with Crippen LogP contribution in [0.1, 0.15) is 15.9 Å². The fraction of sp³-hybridized carbons (Fsp3) is 0.167. The number of benzene rings is 2. The molecule has 0 spiro atoms. The molecule has 114 valence electrons. The molecule has 0 fully saturated rings. The van der Waals surface area contributed by atoms with E-state index in [2.05, 4.69) is 15.9 Å². The third kappa shape index (κ3) is 4.74. The second kappa shape index (κ2) is 7.80. The molecule has 0 radical (unpaired) electrons. The molecule has 2 aromatic rings. The third-order valence-electron chi connectivity index (χ3n) is 2.97. The number of hydrogen-bond donors (Lipinski definition) is 0. The Morgan fingerprint density at radius 3 is 2.59 bits per heavy atom. The van der Waals surface area contributed by atoms with Gasteiger partial charge in [0.15, 0.2) is 5.78 Å². The largest absolute Gasteiger partial charge is 0.488 e. The fourth-order valence-corrected chi connectivity index (χ4v) is 2.22. The first-order chi connectivity index (χ1) is 10.6. The van der Waals surface area contributed by atoms with Gasteiger partial charge in [-0.25, -0.2) is 0 Å². The lowest BCUT2D eigenvalue weighted by Gasteiger charge is -2.11. The zero-order chi connectivity index (χ0) is 15.9. The van der Waals surface area contributed by atoms with Crippen molar-refractivity contribution in [2.45, 2.75) is 6.61 Å². The van der Waals surface area contributed by atoms with Crippen molar-refractivity contribution in [3.63, 3.8) is 0 Å². The van der Waals surface area contributed by atoms with Gasteiger partial charge in [0.05, 0.1) is 5.56 Å². The molecule has 0 aromatic heterocycles. The Balaban J connectivity index is 2.18. The Hall–Kier alpha value is -2.07. The maximum Gasteiger partial charge on any atom is 0.191 e. The lowest BCUT2D eigenvalue weighted by molar-refractivity contribution is 0.104. The molecule has 2 rings (SSSR count). The summed E-state index contributed by atoms with van der Waals surface area (Å²) in [6.07, 6.45) is 3.27. The summed E-state index contributed by atoms with van der Waals surface area (Å²) in [7, 11) is 3.75. The fourth-order valence-electron chi connectivity index (χ4n) is 1.86. The van der Waals surface area contributed by atoms with Crippen molar-refractivity contribution < 1.29 is 9.53 Å². The van der Waals surface area contributed by atoms with Crippen LogP contribution in [-0.4, -0.2) is 24.8 Å². The molecule has 0 aliphatic heterocycles. The smallest absolute Gasteiger partial charge is 0.191 e. The Bertz CT molecular complexity index is 666. The van der Waals surface area contributed by atoms with E-state index in [1.54, 1.807) is 12.3 Å². The van der Waals surface area contributed by atoms with Crippen molar-refractivity contribution in [1.82, 2.24) is 4.90 Å². The predicted molar refractivity (Wildman–Crippen MR) is 92.1 cm³/mol. The quantitative estimate of drug-likeness (QED) is 0.569. The number of carbonyl (C=O) groups excluding carboxylic acids is 1. The number of ether oxygens (including phenoxy) is 1. The highest BCUT2D eigenvalue weighted by Gasteiger charge is 2.11. The van der Waals surface area contributed by atoms with Gasteiger partial charge < -0.3 is 9.64 Å². The molecular formula is C18H18BrNO2. The number of rotatable bonds is 6. The summed E-state index contributed by atoms with van der Waals surface area (Å²) < 4.78 is 6.67. The minimum Gasteiger partial charge on any atom is -0.488 e. The topological polar surface area (TPSA) is 29.5 Å². The molecule has 0 aliphatic rings. The highest BCUT2D eigenvalue weighted by atomic mass is 79.9. The molecule has 3 nitrogen and oxygen atoms in total. The van der Waals surface area contributed by atoms with Crippen LogP contribution >= 0.6 is 15.9 Å². The zero-order valence-electron chi connectivity index (χ0n) is 12.6. The van der Waals surface area contributed by atoms with E-state index in [1.807, 2.05) is 61.5 Å². The molecule has 0 N–H and O–H groups in total. The van der Waals surface area contributed by atoms with Crippen LogP contribution in [0.2, 0.25) is 0 Å². The first-order valence-electron chi connectivity index (χ1n) is 6.91. The van der Waals surface area contributed by atoms with Crippen LogP contribution in [-0.2, 0) is 6.61 Å². The number of allylic oxidation sites excluding steroid dienone is 1. The van der Waals surface area contributed by atoms with Gasteiger partial charge in [0, 0.05) is 30.8 Å². The second-order valence-electron chi connectivity index (χ2n) is 5.06. The summed E-state index contributed by atoms with van der Waals surface area (Å²) in [6, 6.07) is 15.3. The third-order valence-corrected chi connectivity index (χ3v) is 3.46. The van der Waals surface area contributed by atoms with E-state index in [9.17, 15) is 4.79 Å². The Morgan fingerprint density at radius 2 is 1.91 bits per heavy atom. The number of nitrogens with zero attached hydrogens (tertiary/aromatic N) is 1. The molecule has 4 heteroatoms. The molecular weight excluding hydrogens is 342 g/mol. The van der Waals surface area contributed by atoms with Crippen molar-refractivity contribution in [1.29, 1.82) is 0 Å². The van der Waals surface area contributed by atoms with E-state index in [0.717, 1.165) is 10.0 Å². The molecule has 0 saturated carbocycles. The van der Waals surface area contributed by atoms with E-state index in [1.165, 1.54) is 6.08 Å². The molecule has 0 amide bonds. The molecule has 0 saturated heterocycles. The van der Waals surface area contributed by atoms with E-state index >= 15 is 0 Å². The van der Waals surface area contributed by atoms with Crippen LogP contribution in [0.15, 0.2) is 65.3 Å². The van der Waals surface area contributed by atoms with Crippen LogP contribution < -0.4 is 4.74 Å². The molecule has 0 bridgehead atoms. The normalized spacial score (nSPS) is 10.7. The predicted octanol–water partition coefficient (Wildman–Crippen LogP) is 4.29. The summed E-state index contributed by atoms with van der Waals surface area (Å²) in [5, 5.41) is 0. The van der Waals surface area contributed by atoms with Gasteiger partial charge >= 0.3 is 0 Å². The Kier molecular flexibility index (Phi) is 5.78. The molecule has 0 aliphatic carbocycles.